The Balaban J connectivity index is 2.39. The van der Waals surface area contributed by atoms with Gasteiger partial charge in [0.2, 0.25) is 5.91 Å². The third-order valence-corrected chi connectivity index (χ3v) is 3.90. The maximum absolute atomic E-state index is 11.9. The number of hydrogen-bond acceptors (Lipinski definition) is 2. The first kappa shape index (κ1) is 14.9. The fraction of sp³-hybridized carbons (Fsp3) is 0.133. The Morgan fingerprint density at radius 1 is 1.25 bits per heavy atom. The van der Waals surface area contributed by atoms with Crippen LogP contribution in [0.15, 0.2) is 53.0 Å². The van der Waals surface area contributed by atoms with E-state index in [2.05, 4.69) is 21.2 Å². The van der Waals surface area contributed by atoms with Gasteiger partial charge < -0.3 is 11.1 Å². The molecular weight excluding hydrogens is 340 g/mol. The molecule has 1 atom stereocenters. The van der Waals surface area contributed by atoms with Crippen molar-refractivity contribution in [1.82, 2.24) is 0 Å². The van der Waals surface area contributed by atoms with Crippen LogP contribution in [0, 0.1) is 0 Å². The van der Waals surface area contributed by atoms with Crippen LogP contribution in [0.5, 0.6) is 0 Å². The SMILES string of the molecule is CC(Nc1cccc(Cl)c1)(C(N)=O)c1ccc(Br)cc1. The normalized spacial score (nSPS) is 13.6. The molecule has 20 heavy (non-hydrogen) atoms. The molecule has 104 valence electrons. The summed E-state index contributed by atoms with van der Waals surface area (Å²) in [5, 5.41) is 3.75. The minimum atomic E-state index is -1.01. The van der Waals surface area contributed by atoms with Gasteiger partial charge in [-0.15, -0.1) is 0 Å². The molecule has 0 aliphatic carbocycles. The van der Waals surface area contributed by atoms with Crippen LogP contribution >= 0.6 is 27.5 Å². The Morgan fingerprint density at radius 3 is 2.45 bits per heavy atom. The summed E-state index contributed by atoms with van der Waals surface area (Å²) in [6.45, 7) is 1.75. The van der Waals surface area contributed by atoms with Gasteiger partial charge in [0.25, 0.3) is 0 Å². The number of hydrogen-bond donors (Lipinski definition) is 2. The van der Waals surface area contributed by atoms with E-state index in [4.69, 9.17) is 17.3 Å². The largest absolute Gasteiger partial charge is 0.368 e. The molecule has 2 aromatic carbocycles. The molecule has 2 rings (SSSR count). The summed E-state index contributed by atoms with van der Waals surface area (Å²) >= 11 is 9.33. The van der Waals surface area contributed by atoms with Crippen LogP contribution < -0.4 is 11.1 Å². The van der Waals surface area contributed by atoms with Gasteiger partial charge >= 0.3 is 0 Å². The number of amides is 1. The van der Waals surface area contributed by atoms with Gasteiger partial charge in [-0.05, 0) is 42.8 Å². The Kier molecular flexibility index (Phi) is 4.35. The number of nitrogens with two attached hydrogens (primary N) is 1. The van der Waals surface area contributed by atoms with Crippen LogP contribution in [0.3, 0.4) is 0 Å². The van der Waals surface area contributed by atoms with Crippen molar-refractivity contribution in [3.63, 3.8) is 0 Å². The first-order valence-corrected chi connectivity index (χ1v) is 7.18. The summed E-state index contributed by atoms with van der Waals surface area (Å²) in [5.41, 5.74) is 6.10. The Hall–Kier alpha value is -1.52. The number of benzene rings is 2. The lowest BCUT2D eigenvalue weighted by molar-refractivity contribution is -0.122. The van der Waals surface area contributed by atoms with Gasteiger partial charge in [-0.1, -0.05) is 45.7 Å². The molecule has 0 bridgehead atoms. The van der Waals surface area contributed by atoms with Crippen LogP contribution in [-0.2, 0) is 10.3 Å². The fourth-order valence-corrected chi connectivity index (χ4v) is 2.37. The van der Waals surface area contributed by atoms with Gasteiger partial charge in [-0.25, -0.2) is 0 Å². The lowest BCUT2D eigenvalue weighted by Gasteiger charge is -2.29. The zero-order chi connectivity index (χ0) is 14.8. The van der Waals surface area contributed by atoms with E-state index in [1.807, 2.05) is 36.4 Å². The van der Waals surface area contributed by atoms with Crippen molar-refractivity contribution in [2.45, 2.75) is 12.5 Å². The highest BCUT2D eigenvalue weighted by molar-refractivity contribution is 9.10. The maximum atomic E-state index is 11.9. The van der Waals surface area contributed by atoms with Gasteiger partial charge in [0, 0.05) is 15.2 Å². The second-order valence-electron chi connectivity index (χ2n) is 4.63. The standard InChI is InChI=1S/C15H14BrClN2O/c1-15(14(18)20,10-5-7-11(16)8-6-10)19-13-4-2-3-12(17)9-13/h2-9,19H,1H3,(H2,18,20). The van der Waals surface area contributed by atoms with E-state index >= 15 is 0 Å². The van der Waals surface area contributed by atoms with E-state index in [1.165, 1.54) is 0 Å². The van der Waals surface area contributed by atoms with Crippen molar-refractivity contribution in [2.75, 3.05) is 5.32 Å². The Bertz CT molecular complexity index is 630. The average molecular weight is 354 g/mol. The summed E-state index contributed by atoms with van der Waals surface area (Å²) in [5.74, 6) is -0.459. The molecule has 0 aliphatic heterocycles. The van der Waals surface area contributed by atoms with Crippen LogP contribution in [0.4, 0.5) is 5.69 Å². The van der Waals surface area contributed by atoms with Crippen molar-refractivity contribution in [2.24, 2.45) is 5.73 Å². The molecule has 2 aromatic rings. The Morgan fingerprint density at radius 2 is 1.90 bits per heavy atom. The molecule has 0 aliphatic rings. The van der Waals surface area contributed by atoms with Gasteiger partial charge in [0.1, 0.15) is 5.54 Å². The highest BCUT2D eigenvalue weighted by Crippen LogP contribution is 2.28. The zero-order valence-electron chi connectivity index (χ0n) is 10.9. The number of primary amides is 1. The molecule has 0 saturated carbocycles. The smallest absolute Gasteiger partial charge is 0.247 e. The molecule has 3 N–H and O–H groups in total. The fourth-order valence-electron chi connectivity index (χ4n) is 1.91. The summed E-state index contributed by atoms with van der Waals surface area (Å²) in [6, 6.07) is 14.6. The average Bonchev–Trinajstić information content (AvgIpc) is 2.39. The van der Waals surface area contributed by atoms with Crippen LogP contribution in [0.1, 0.15) is 12.5 Å². The first-order chi connectivity index (χ1) is 9.41. The highest BCUT2D eigenvalue weighted by atomic mass is 79.9. The second kappa shape index (κ2) is 5.85. The molecule has 5 heteroatoms. The topological polar surface area (TPSA) is 55.1 Å². The van der Waals surface area contributed by atoms with E-state index in [0.717, 1.165) is 15.7 Å². The predicted molar refractivity (Wildman–Crippen MR) is 85.8 cm³/mol. The molecule has 3 nitrogen and oxygen atoms in total. The zero-order valence-corrected chi connectivity index (χ0v) is 13.2. The first-order valence-electron chi connectivity index (χ1n) is 6.01. The number of halogens is 2. The molecule has 1 unspecified atom stereocenters. The molecule has 0 heterocycles. The van der Waals surface area contributed by atoms with Crippen LogP contribution in [-0.4, -0.2) is 5.91 Å². The predicted octanol–water partition coefficient (Wildman–Crippen LogP) is 3.92. The van der Waals surface area contributed by atoms with E-state index in [0.29, 0.717) is 5.02 Å². The van der Waals surface area contributed by atoms with Crippen LogP contribution in [0.25, 0.3) is 0 Å². The lowest BCUT2D eigenvalue weighted by atomic mass is 9.91. The molecular formula is C15H14BrClN2O. The van der Waals surface area contributed by atoms with Crippen molar-refractivity contribution >= 4 is 39.1 Å². The minimum absolute atomic E-state index is 0.459. The number of carbonyl (C=O) groups is 1. The van der Waals surface area contributed by atoms with Crippen molar-refractivity contribution in [3.05, 3.63) is 63.6 Å². The summed E-state index contributed by atoms with van der Waals surface area (Å²) in [6.07, 6.45) is 0. The second-order valence-corrected chi connectivity index (χ2v) is 5.98. The minimum Gasteiger partial charge on any atom is -0.368 e. The van der Waals surface area contributed by atoms with Gasteiger partial charge in [-0.2, -0.15) is 0 Å². The van der Waals surface area contributed by atoms with Gasteiger partial charge in [-0.3, -0.25) is 4.79 Å². The van der Waals surface area contributed by atoms with E-state index in [-0.39, 0.29) is 0 Å². The number of carbonyl (C=O) groups excluding carboxylic acids is 1. The van der Waals surface area contributed by atoms with E-state index in [1.54, 1.807) is 19.1 Å². The quantitative estimate of drug-likeness (QED) is 0.875. The number of anilines is 1. The van der Waals surface area contributed by atoms with E-state index < -0.39 is 11.4 Å². The number of rotatable bonds is 4. The number of nitrogens with one attached hydrogen (secondary N) is 1. The highest BCUT2D eigenvalue weighted by Gasteiger charge is 2.33. The third-order valence-electron chi connectivity index (χ3n) is 3.13. The molecule has 0 fully saturated rings. The summed E-state index contributed by atoms with van der Waals surface area (Å²) in [7, 11) is 0. The monoisotopic (exact) mass is 352 g/mol. The van der Waals surface area contributed by atoms with Crippen molar-refractivity contribution in [3.8, 4) is 0 Å². The van der Waals surface area contributed by atoms with Crippen LogP contribution in [0.2, 0.25) is 5.02 Å². The Labute approximate surface area is 131 Å². The molecule has 0 aromatic heterocycles. The lowest BCUT2D eigenvalue weighted by Crippen LogP contribution is -2.45. The maximum Gasteiger partial charge on any atom is 0.247 e. The van der Waals surface area contributed by atoms with Gasteiger partial charge in [0.15, 0.2) is 0 Å². The molecule has 0 saturated heterocycles. The molecule has 1 amide bonds. The molecule has 0 radical (unpaired) electrons. The van der Waals surface area contributed by atoms with Gasteiger partial charge in [0.05, 0.1) is 0 Å². The molecule has 0 spiro atoms. The van der Waals surface area contributed by atoms with E-state index in [9.17, 15) is 4.79 Å². The van der Waals surface area contributed by atoms with Crippen molar-refractivity contribution in [1.29, 1.82) is 0 Å². The summed E-state index contributed by atoms with van der Waals surface area (Å²) < 4.78 is 0.941. The third kappa shape index (κ3) is 3.14. The summed E-state index contributed by atoms with van der Waals surface area (Å²) in [4.78, 5) is 11.9. The van der Waals surface area contributed by atoms with Crippen molar-refractivity contribution < 1.29 is 4.79 Å².